The van der Waals surface area contributed by atoms with Crippen molar-refractivity contribution in [2.45, 2.75) is 260 Å². The number of rotatable bonds is 12. The molecular weight excluding hydrogens is 965 g/mol. The molecule has 11 heteroatoms. The Morgan fingerprint density at radius 2 is 0.935 bits per heavy atom. The normalized spacial score (nSPS) is 24.6. The fraction of sp³-hybridized carbons (Fsp3) is 0.970. The Kier molecular flexibility index (Phi) is 40.4. The van der Waals surface area contributed by atoms with Crippen LogP contribution in [0.1, 0.15) is 248 Å². The van der Waals surface area contributed by atoms with Crippen LogP contribution < -0.4 is 10.6 Å². The van der Waals surface area contributed by atoms with E-state index in [-0.39, 0.29) is 42.7 Å². The fourth-order valence-corrected chi connectivity index (χ4v) is 11.3. The highest BCUT2D eigenvalue weighted by Gasteiger charge is 2.34. The quantitative estimate of drug-likeness (QED) is 0.111. The first-order valence-corrected chi connectivity index (χ1v) is 31.1. The molecule has 5 unspecified atom stereocenters. The predicted molar refractivity (Wildman–Crippen MR) is 326 cm³/mol. The molecule has 2 saturated carbocycles. The summed E-state index contributed by atoms with van der Waals surface area (Å²) in [5, 5.41) is 41.9. The first kappa shape index (κ1) is 77.7. The average Bonchev–Trinajstić information content (AvgIpc) is 3.31. The molecule has 0 radical (unpaired) electrons. The van der Waals surface area contributed by atoms with Crippen LogP contribution >= 0.6 is 0 Å². The SMILES string of the molecule is CC(C)(C)C1CCC(=O)NC1.CC(C)(C)C1CCC(O)CC1.CC(C)(C)C1CCNC(=O)C1.CC(C)(C)C1CCOCC1.CC(C)C(CCO)CCO.CC1CC(O)CC(C(C)(C)C)C1.COCCC(CCOC)C(C)C. The number of hydrogen-bond acceptors (Lipinski definition) is 9. The van der Waals surface area contributed by atoms with Gasteiger partial charge in [0.25, 0.3) is 0 Å². The van der Waals surface area contributed by atoms with Crippen LogP contribution in [-0.4, -0.2) is 111 Å². The summed E-state index contributed by atoms with van der Waals surface area (Å²) in [6.45, 7) is 50.9. The Labute approximate surface area is 477 Å². The highest BCUT2D eigenvalue weighted by molar-refractivity contribution is 5.77. The van der Waals surface area contributed by atoms with E-state index in [0.29, 0.717) is 70.0 Å². The standard InChI is InChI=1S/C11H22O.C10H22O2.C10H20O.2C9H17NO.C9H18O.C8H18O2/c1-8-5-9(11(2,3)4)7-10(12)6-8;1-9(2)10(5-7-11-3)6-8-12-4;1-10(2,3)8-4-6-9(11)7-5-8;1-9(2,3)7-4-5-10-8(11)6-7;1-9(2,3)7-4-5-8(11)10-6-7;1-9(2,3)8-4-6-10-7-5-8;1-7(2)8(3-5-9)4-6-10/h8-10,12H,5-7H2,1-4H3;9-10H,5-8H2,1-4H3;8-9,11H,4-7H2,1-3H3;2*7H,4-6H2,1-3H3,(H,10,11);8H,4-7H2,1-3H3;7-10H,3-6H2,1-2H3. The van der Waals surface area contributed by atoms with Crippen molar-refractivity contribution in [3.05, 3.63) is 0 Å². The van der Waals surface area contributed by atoms with Crippen molar-refractivity contribution in [2.75, 3.05) is 67.0 Å². The molecule has 0 spiro atoms. The number of ether oxygens (including phenoxy) is 3. The van der Waals surface area contributed by atoms with E-state index in [1.54, 1.807) is 14.2 Å². The number of amides is 2. The maximum atomic E-state index is 11.0. The highest BCUT2D eigenvalue weighted by atomic mass is 16.5. The van der Waals surface area contributed by atoms with E-state index in [1.807, 2.05) is 0 Å². The Balaban J connectivity index is 0. The summed E-state index contributed by atoms with van der Waals surface area (Å²) in [7, 11) is 3.52. The van der Waals surface area contributed by atoms with E-state index in [9.17, 15) is 19.8 Å². The van der Waals surface area contributed by atoms with E-state index < -0.39 is 0 Å². The molecular formula is C66H134N2O9. The van der Waals surface area contributed by atoms with Crippen LogP contribution in [0.5, 0.6) is 0 Å². The number of aliphatic hydroxyl groups is 4. The van der Waals surface area contributed by atoms with Crippen LogP contribution in [0.25, 0.3) is 0 Å². The summed E-state index contributed by atoms with van der Waals surface area (Å²) in [6, 6.07) is 0. The van der Waals surface area contributed by atoms with Gasteiger partial charge in [0.15, 0.2) is 0 Å². The Morgan fingerprint density at radius 3 is 1.26 bits per heavy atom. The zero-order chi connectivity index (χ0) is 59.8. The van der Waals surface area contributed by atoms with Gasteiger partial charge in [0, 0.05) is 79.8 Å². The highest BCUT2D eigenvalue weighted by Crippen LogP contribution is 2.41. The fourth-order valence-electron chi connectivity index (χ4n) is 11.3. The van der Waals surface area contributed by atoms with E-state index in [1.165, 1.54) is 32.1 Å². The lowest BCUT2D eigenvalue weighted by atomic mass is 9.69. The van der Waals surface area contributed by atoms with Crippen molar-refractivity contribution in [3.63, 3.8) is 0 Å². The van der Waals surface area contributed by atoms with Crippen molar-refractivity contribution in [1.29, 1.82) is 0 Å². The number of carbonyl (C=O) groups excluding carboxylic acids is 2. The van der Waals surface area contributed by atoms with E-state index in [0.717, 1.165) is 127 Å². The van der Waals surface area contributed by atoms with Gasteiger partial charge >= 0.3 is 0 Å². The van der Waals surface area contributed by atoms with Gasteiger partial charge in [-0.2, -0.15) is 0 Å². The topological polar surface area (TPSA) is 167 Å². The first-order valence-electron chi connectivity index (χ1n) is 31.1. The van der Waals surface area contributed by atoms with Gasteiger partial charge in [-0.05, 0) is 183 Å². The molecule has 0 bridgehead atoms. The third-order valence-corrected chi connectivity index (χ3v) is 17.7. The molecule has 3 aliphatic heterocycles. The van der Waals surface area contributed by atoms with Crippen LogP contribution in [-0.2, 0) is 23.8 Å². The van der Waals surface area contributed by atoms with Crippen molar-refractivity contribution >= 4 is 11.8 Å². The van der Waals surface area contributed by atoms with E-state index in [2.05, 4.69) is 149 Å². The smallest absolute Gasteiger partial charge is 0.220 e. The summed E-state index contributed by atoms with van der Waals surface area (Å²) >= 11 is 0. The molecule has 0 aromatic carbocycles. The summed E-state index contributed by atoms with van der Waals surface area (Å²) in [4.78, 5) is 21.8. The predicted octanol–water partition coefficient (Wildman–Crippen LogP) is 14.3. The molecule has 0 aromatic heterocycles. The minimum absolute atomic E-state index is 0.00593. The van der Waals surface area contributed by atoms with Gasteiger partial charge in [-0.25, -0.2) is 0 Å². The molecule has 5 fully saturated rings. The van der Waals surface area contributed by atoms with Crippen LogP contribution in [0.3, 0.4) is 0 Å². The van der Waals surface area contributed by atoms with Gasteiger partial charge in [0.2, 0.25) is 11.8 Å². The molecule has 5 aliphatic rings. The second kappa shape index (κ2) is 40.0. The Bertz CT molecular complexity index is 1400. The number of carbonyl (C=O) groups is 2. The zero-order valence-electron chi connectivity index (χ0n) is 54.9. The number of aliphatic hydroxyl groups excluding tert-OH is 4. The molecule has 3 heterocycles. The summed E-state index contributed by atoms with van der Waals surface area (Å²) in [6.07, 6.45) is 17.8. The zero-order valence-corrected chi connectivity index (χ0v) is 54.9. The summed E-state index contributed by atoms with van der Waals surface area (Å²) in [5.74, 6) is 7.29. The molecule has 5 atom stereocenters. The first-order chi connectivity index (χ1) is 35.4. The second-order valence-corrected chi connectivity index (χ2v) is 30.1. The average molecular weight is 1100 g/mol. The van der Waals surface area contributed by atoms with Crippen molar-refractivity contribution in [2.24, 2.45) is 86.3 Å². The molecule has 2 amide bonds. The molecule has 11 nitrogen and oxygen atoms in total. The molecule has 462 valence electrons. The van der Waals surface area contributed by atoms with Crippen molar-refractivity contribution in [3.8, 4) is 0 Å². The lowest BCUT2D eigenvalue weighted by Gasteiger charge is -2.38. The van der Waals surface area contributed by atoms with Crippen LogP contribution in [0.15, 0.2) is 0 Å². The van der Waals surface area contributed by atoms with Crippen LogP contribution in [0.4, 0.5) is 0 Å². The molecule has 2 aliphatic carbocycles. The lowest BCUT2D eigenvalue weighted by Crippen LogP contribution is -2.40. The summed E-state index contributed by atoms with van der Waals surface area (Å²) in [5.41, 5.74) is 1.94. The molecule has 6 N–H and O–H groups in total. The lowest BCUT2D eigenvalue weighted by molar-refractivity contribution is -0.125. The molecule has 3 saturated heterocycles. The Morgan fingerprint density at radius 1 is 0.506 bits per heavy atom. The monoisotopic (exact) mass is 1100 g/mol. The number of nitrogens with one attached hydrogen (secondary N) is 2. The van der Waals surface area contributed by atoms with Crippen LogP contribution in [0, 0.1) is 86.3 Å². The maximum absolute atomic E-state index is 11.0. The molecule has 5 rings (SSSR count). The number of hydrogen-bond donors (Lipinski definition) is 6. The van der Waals surface area contributed by atoms with Crippen LogP contribution in [0.2, 0.25) is 0 Å². The summed E-state index contributed by atoms with van der Waals surface area (Å²) < 4.78 is 15.4. The second-order valence-electron chi connectivity index (χ2n) is 30.1. The van der Waals surface area contributed by atoms with Gasteiger partial charge in [0.1, 0.15) is 0 Å². The van der Waals surface area contributed by atoms with Gasteiger partial charge in [-0.15, -0.1) is 0 Å². The van der Waals surface area contributed by atoms with E-state index >= 15 is 0 Å². The molecule has 0 aromatic rings. The Hall–Kier alpha value is -1.34. The molecule has 77 heavy (non-hydrogen) atoms. The largest absolute Gasteiger partial charge is 0.396 e. The van der Waals surface area contributed by atoms with Gasteiger partial charge in [-0.3, -0.25) is 9.59 Å². The van der Waals surface area contributed by atoms with E-state index in [4.69, 9.17) is 24.4 Å². The number of methoxy groups -OCH3 is 2. The third kappa shape index (κ3) is 38.9. The third-order valence-electron chi connectivity index (χ3n) is 17.7. The van der Waals surface area contributed by atoms with Gasteiger partial charge in [-0.1, -0.05) is 138 Å². The van der Waals surface area contributed by atoms with Crippen molar-refractivity contribution in [1.82, 2.24) is 10.6 Å². The van der Waals surface area contributed by atoms with Crippen molar-refractivity contribution < 1.29 is 44.2 Å². The minimum atomic E-state index is -0.0435. The number of piperidine rings is 2. The maximum Gasteiger partial charge on any atom is 0.220 e. The van der Waals surface area contributed by atoms with Gasteiger partial charge < -0.3 is 45.3 Å². The van der Waals surface area contributed by atoms with Gasteiger partial charge in [0.05, 0.1) is 12.2 Å². The minimum Gasteiger partial charge on any atom is -0.396 e.